The minimum atomic E-state index is -0.591. The van der Waals surface area contributed by atoms with Crippen molar-refractivity contribution in [1.29, 1.82) is 0 Å². The first-order chi connectivity index (χ1) is 13.4. The van der Waals surface area contributed by atoms with Gasteiger partial charge in [-0.05, 0) is 42.5 Å². The summed E-state index contributed by atoms with van der Waals surface area (Å²) in [4.78, 5) is 12.4. The summed E-state index contributed by atoms with van der Waals surface area (Å²) >= 11 is 0. The smallest absolute Gasteiger partial charge is 0.255 e. The number of nitrogens with one attached hydrogen (secondary N) is 2. The number of rotatable bonds is 10. The Balaban J connectivity index is 1.90. The minimum absolute atomic E-state index is 0.192. The Bertz CT molecular complexity index is 762. The van der Waals surface area contributed by atoms with E-state index < -0.39 is 6.10 Å². The van der Waals surface area contributed by atoms with Crippen molar-refractivity contribution in [2.45, 2.75) is 26.0 Å². The molecule has 0 fully saturated rings. The maximum Gasteiger partial charge on any atom is 0.255 e. The number of aliphatic hydroxyl groups excluding tert-OH is 1. The van der Waals surface area contributed by atoms with Gasteiger partial charge in [0.2, 0.25) is 0 Å². The Kier molecular flexibility index (Phi) is 8.10. The van der Waals surface area contributed by atoms with Gasteiger partial charge in [-0.3, -0.25) is 4.79 Å². The molecule has 0 bridgehead atoms. The van der Waals surface area contributed by atoms with Crippen LogP contribution in [0.3, 0.4) is 0 Å². The largest absolute Gasteiger partial charge is 0.493 e. The molecule has 0 saturated heterocycles. The lowest BCUT2D eigenvalue weighted by Crippen LogP contribution is -2.35. The number of amides is 1. The van der Waals surface area contributed by atoms with E-state index in [-0.39, 0.29) is 12.5 Å². The number of carbonyl (C=O) groups excluding carboxylic acids is 1. The summed E-state index contributed by atoms with van der Waals surface area (Å²) in [6.45, 7) is 4.69. The van der Waals surface area contributed by atoms with E-state index >= 15 is 0 Å². The average molecular weight is 388 g/mol. The lowest BCUT2D eigenvalue weighted by atomic mass is 10.2. The molecule has 2 aromatic carbocycles. The zero-order valence-electron chi connectivity index (χ0n) is 16.7. The topological polar surface area (TPSA) is 89.1 Å². The van der Waals surface area contributed by atoms with Gasteiger partial charge in [0.25, 0.3) is 5.91 Å². The van der Waals surface area contributed by atoms with Crippen LogP contribution in [0, 0.1) is 0 Å². The Morgan fingerprint density at radius 1 is 1.04 bits per heavy atom. The Labute approximate surface area is 165 Å². The highest BCUT2D eigenvalue weighted by Crippen LogP contribution is 2.28. The molecular weight excluding hydrogens is 360 g/mol. The number of benzene rings is 2. The van der Waals surface area contributed by atoms with Crippen LogP contribution in [0.5, 0.6) is 17.2 Å². The second kappa shape index (κ2) is 10.5. The fourth-order valence-corrected chi connectivity index (χ4v) is 2.44. The second-order valence-corrected chi connectivity index (χ2v) is 6.58. The third kappa shape index (κ3) is 6.44. The molecule has 0 heterocycles. The number of ether oxygens (including phenoxy) is 3. The maximum atomic E-state index is 12.4. The van der Waals surface area contributed by atoms with Crippen LogP contribution < -0.4 is 24.8 Å². The van der Waals surface area contributed by atoms with Gasteiger partial charge in [-0.1, -0.05) is 13.8 Å². The van der Waals surface area contributed by atoms with E-state index in [0.29, 0.717) is 41.1 Å². The van der Waals surface area contributed by atoms with Crippen LogP contribution in [0.15, 0.2) is 42.5 Å². The van der Waals surface area contributed by atoms with Crippen LogP contribution in [0.25, 0.3) is 0 Å². The molecule has 0 spiro atoms. The van der Waals surface area contributed by atoms with Crippen molar-refractivity contribution >= 4 is 11.6 Å². The van der Waals surface area contributed by atoms with E-state index in [1.807, 2.05) is 13.8 Å². The molecule has 0 radical (unpaired) electrons. The van der Waals surface area contributed by atoms with Crippen LogP contribution in [-0.2, 0) is 0 Å². The number of hydrogen-bond donors (Lipinski definition) is 3. The molecular formula is C21H28N2O5. The quantitative estimate of drug-likeness (QED) is 0.580. The van der Waals surface area contributed by atoms with Gasteiger partial charge in [0, 0.05) is 23.8 Å². The standard InChI is InChI=1S/C21H28N2O5/c1-14(2)22-12-17(24)13-28-18-8-6-16(7-9-18)23-21(25)15-5-10-19(26-3)20(11-15)27-4/h5-11,14,17,22,24H,12-13H2,1-4H3,(H,23,25). The SMILES string of the molecule is COc1ccc(C(=O)Nc2ccc(OCC(O)CNC(C)C)cc2)cc1OC. The van der Waals surface area contributed by atoms with Crippen molar-refractivity contribution in [3.63, 3.8) is 0 Å². The summed E-state index contributed by atoms with van der Waals surface area (Å²) in [7, 11) is 3.06. The van der Waals surface area contributed by atoms with Crippen molar-refractivity contribution in [2.24, 2.45) is 0 Å². The molecule has 0 saturated carbocycles. The molecule has 152 valence electrons. The molecule has 1 unspecified atom stereocenters. The third-order valence-electron chi connectivity index (χ3n) is 3.96. The molecule has 0 aromatic heterocycles. The number of methoxy groups -OCH3 is 2. The molecule has 7 heteroatoms. The molecule has 0 aliphatic heterocycles. The normalized spacial score (nSPS) is 11.8. The van der Waals surface area contributed by atoms with Crippen LogP contribution >= 0.6 is 0 Å². The first-order valence-corrected chi connectivity index (χ1v) is 9.10. The fourth-order valence-electron chi connectivity index (χ4n) is 2.44. The van der Waals surface area contributed by atoms with Crippen LogP contribution in [0.1, 0.15) is 24.2 Å². The van der Waals surface area contributed by atoms with Gasteiger partial charge < -0.3 is 30.0 Å². The van der Waals surface area contributed by atoms with Crippen molar-refractivity contribution < 1.29 is 24.1 Å². The van der Waals surface area contributed by atoms with Gasteiger partial charge in [0.05, 0.1) is 14.2 Å². The highest BCUT2D eigenvalue weighted by Gasteiger charge is 2.11. The number of anilines is 1. The predicted octanol–water partition coefficient (Wildman–Crippen LogP) is 2.69. The summed E-state index contributed by atoms with van der Waals surface area (Å²) < 4.78 is 16.0. The molecule has 2 rings (SSSR count). The van der Waals surface area contributed by atoms with Crippen LogP contribution in [0.4, 0.5) is 5.69 Å². The van der Waals surface area contributed by atoms with Gasteiger partial charge in [-0.25, -0.2) is 0 Å². The second-order valence-electron chi connectivity index (χ2n) is 6.58. The van der Waals surface area contributed by atoms with E-state index in [1.54, 1.807) is 49.6 Å². The molecule has 1 amide bonds. The van der Waals surface area contributed by atoms with E-state index in [1.165, 1.54) is 7.11 Å². The molecule has 0 aliphatic rings. The Hall–Kier alpha value is -2.77. The van der Waals surface area contributed by atoms with Crippen molar-refractivity contribution in [3.8, 4) is 17.2 Å². The summed E-state index contributed by atoms with van der Waals surface area (Å²) in [5.74, 6) is 1.41. The highest BCUT2D eigenvalue weighted by atomic mass is 16.5. The first kappa shape index (κ1) is 21.5. The number of aliphatic hydroxyl groups is 1. The molecule has 7 nitrogen and oxygen atoms in total. The number of carbonyl (C=O) groups is 1. The van der Waals surface area contributed by atoms with Gasteiger partial charge in [0.15, 0.2) is 11.5 Å². The Morgan fingerprint density at radius 3 is 2.32 bits per heavy atom. The van der Waals surface area contributed by atoms with E-state index in [9.17, 15) is 9.90 Å². The van der Waals surface area contributed by atoms with E-state index in [0.717, 1.165) is 0 Å². The van der Waals surface area contributed by atoms with Gasteiger partial charge in [0.1, 0.15) is 18.5 Å². The molecule has 0 aliphatic carbocycles. The van der Waals surface area contributed by atoms with Crippen LogP contribution in [0.2, 0.25) is 0 Å². The summed E-state index contributed by atoms with van der Waals surface area (Å²) in [6, 6.07) is 12.3. The average Bonchev–Trinajstić information content (AvgIpc) is 2.71. The molecule has 2 aromatic rings. The predicted molar refractivity (Wildman–Crippen MR) is 109 cm³/mol. The molecule has 3 N–H and O–H groups in total. The number of hydrogen-bond acceptors (Lipinski definition) is 6. The monoisotopic (exact) mass is 388 g/mol. The fraction of sp³-hybridized carbons (Fsp3) is 0.381. The van der Waals surface area contributed by atoms with E-state index in [2.05, 4.69) is 10.6 Å². The lowest BCUT2D eigenvalue weighted by molar-refractivity contribution is 0.102. The van der Waals surface area contributed by atoms with Crippen molar-refractivity contribution in [1.82, 2.24) is 5.32 Å². The van der Waals surface area contributed by atoms with Gasteiger partial charge in [-0.15, -0.1) is 0 Å². The maximum absolute atomic E-state index is 12.4. The van der Waals surface area contributed by atoms with E-state index in [4.69, 9.17) is 14.2 Å². The highest BCUT2D eigenvalue weighted by molar-refractivity contribution is 6.04. The summed E-state index contributed by atoms with van der Waals surface area (Å²) in [6.07, 6.45) is -0.591. The summed E-state index contributed by atoms with van der Waals surface area (Å²) in [5.41, 5.74) is 1.09. The summed E-state index contributed by atoms with van der Waals surface area (Å²) in [5, 5.41) is 15.8. The Morgan fingerprint density at radius 2 is 1.71 bits per heavy atom. The zero-order valence-corrected chi connectivity index (χ0v) is 16.7. The van der Waals surface area contributed by atoms with Crippen molar-refractivity contribution in [3.05, 3.63) is 48.0 Å². The zero-order chi connectivity index (χ0) is 20.5. The first-order valence-electron chi connectivity index (χ1n) is 9.10. The van der Waals surface area contributed by atoms with Crippen molar-refractivity contribution in [2.75, 3.05) is 32.7 Å². The van der Waals surface area contributed by atoms with Gasteiger partial charge >= 0.3 is 0 Å². The van der Waals surface area contributed by atoms with Gasteiger partial charge in [-0.2, -0.15) is 0 Å². The third-order valence-corrected chi connectivity index (χ3v) is 3.96. The molecule has 1 atom stereocenters. The lowest BCUT2D eigenvalue weighted by Gasteiger charge is -2.15. The molecule has 28 heavy (non-hydrogen) atoms. The van der Waals surface area contributed by atoms with Crippen LogP contribution in [-0.4, -0.2) is 50.5 Å². The minimum Gasteiger partial charge on any atom is -0.493 e.